The average molecular weight is 426 g/mol. The molecule has 0 saturated heterocycles. The largest absolute Gasteiger partial charge is 0.360 e. The van der Waals surface area contributed by atoms with Gasteiger partial charge in [-0.05, 0) is 36.2 Å². The van der Waals surface area contributed by atoms with Gasteiger partial charge in [-0.1, -0.05) is 47.2 Å². The lowest BCUT2D eigenvalue weighted by Crippen LogP contribution is -2.21. The highest BCUT2D eigenvalue weighted by atomic mass is 35.5. The summed E-state index contributed by atoms with van der Waals surface area (Å²) >= 11 is 7.45. The lowest BCUT2D eigenvalue weighted by Gasteiger charge is -2.11. The van der Waals surface area contributed by atoms with Crippen LogP contribution in [0.15, 0.2) is 54.7 Å². The van der Waals surface area contributed by atoms with Gasteiger partial charge in [-0.3, -0.25) is 4.79 Å². The lowest BCUT2D eigenvalue weighted by molar-refractivity contribution is 0.0827. The summed E-state index contributed by atoms with van der Waals surface area (Å²) in [5.74, 6) is 0.0115. The number of carbonyl (C=O) groups is 1. The molecule has 0 fully saturated rings. The van der Waals surface area contributed by atoms with Crippen molar-refractivity contribution in [2.24, 2.45) is 0 Å². The van der Waals surface area contributed by atoms with Crippen molar-refractivity contribution in [1.82, 2.24) is 19.5 Å². The van der Waals surface area contributed by atoms with E-state index in [1.54, 1.807) is 23.5 Å². The molecule has 0 atom stereocenters. The van der Waals surface area contributed by atoms with E-state index in [1.807, 2.05) is 54.7 Å². The number of amides is 1. The minimum absolute atomic E-state index is 0.0115. The van der Waals surface area contributed by atoms with Gasteiger partial charge in [-0.2, -0.15) is 0 Å². The number of imidazole rings is 1. The fourth-order valence-corrected chi connectivity index (χ4v) is 3.90. The van der Waals surface area contributed by atoms with Crippen LogP contribution in [-0.2, 0) is 6.42 Å². The number of rotatable bonds is 6. The SMILES string of the molecule is CN(C)C(=O)c1cccc(CCNc2nn3cc(-c4ccc(Cl)cc4)nc3s2)c1. The fourth-order valence-electron chi connectivity index (χ4n) is 2.96. The topological polar surface area (TPSA) is 62.5 Å². The Morgan fingerprint density at radius 3 is 2.72 bits per heavy atom. The molecule has 0 bridgehead atoms. The predicted molar refractivity (Wildman–Crippen MR) is 118 cm³/mol. The summed E-state index contributed by atoms with van der Waals surface area (Å²) in [5, 5.41) is 9.41. The Labute approximate surface area is 177 Å². The maximum Gasteiger partial charge on any atom is 0.253 e. The number of anilines is 1. The van der Waals surface area contributed by atoms with Gasteiger partial charge in [-0.15, -0.1) is 5.10 Å². The van der Waals surface area contributed by atoms with Crippen LogP contribution in [0.25, 0.3) is 16.2 Å². The smallest absolute Gasteiger partial charge is 0.253 e. The number of carbonyl (C=O) groups excluding carboxylic acids is 1. The van der Waals surface area contributed by atoms with Gasteiger partial charge in [-0.25, -0.2) is 9.50 Å². The molecule has 0 aliphatic carbocycles. The van der Waals surface area contributed by atoms with E-state index >= 15 is 0 Å². The second-order valence-corrected chi connectivity index (χ2v) is 8.24. The molecule has 2 aromatic carbocycles. The standard InChI is InChI=1S/C21H20ClN5OS/c1-26(2)19(28)16-5-3-4-14(12-16)10-11-23-20-25-27-13-18(24-21(27)29-20)15-6-8-17(22)9-7-15/h3-9,12-13H,10-11H2,1-2H3,(H,23,25). The van der Waals surface area contributed by atoms with E-state index in [-0.39, 0.29) is 5.91 Å². The second kappa shape index (κ2) is 8.23. The van der Waals surface area contributed by atoms with Gasteiger partial charge < -0.3 is 10.2 Å². The maximum atomic E-state index is 12.1. The number of hydrogen-bond acceptors (Lipinski definition) is 5. The molecule has 4 aromatic rings. The Bertz CT molecular complexity index is 1120. The quantitative estimate of drug-likeness (QED) is 0.495. The number of nitrogens with one attached hydrogen (secondary N) is 1. The zero-order chi connectivity index (χ0) is 20.4. The van der Waals surface area contributed by atoms with Crippen LogP contribution in [0.4, 0.5) is 5.13 Å². The Hall–Kier alpha value is -2.90. The first-order valence-corrected chi connectivity index (χ1v) is 10.4. The van der Waals surface area contributed by atoms with Crippen molar-refractivity contribution in [3.05, 3.63) is 70.9 Å². The first-order chi connectivity index (χ1) is 14.0. The zero-order valence-electron chi connectivity index (χ0n) is 16.1. The number of aromatic nitrogens is 3. The van der Waals surface area contributed by atoms with Crippen LogP contribution in [-0.4, -0.2) is 46.0 Å². The third kappa shape index (κ3) is 4.41. The number of benzene rings is 2. The highest BCUT2D eigenvalue weighted by Gasteiger charge is 2.10. The molecule has 0 aliphatic rings. The molecule has 29 heavy (non-hydrogen) atoms. The van der Waals surface area contributed by atoms with Crippen LogP contribution < -0.4 is 5.32 Å². The summed E-state index contributed by atoms with van der Waals surface area (Å²) in [6, 6.07) is 15.3. The van der Waals surface area contributed by atoms with E-state index < -0.39 is 0 Å². The number of halogens is 1. The van der Waals surface area contributed by atoms with Crippen LogP contribution in [0.3, 0.4) is 0 Å². The van der Waals surface area contributed by atoms with Crippen molar-refractivity contribution in [2.75, 3.05) is 26.0 Å². The molecule has 4 rings (SSSR count). The average Bonchev–Trinajstić information content (AvgIpc) is 3.27. The highest BCUT2D eigenvalue weighted by Crippen LogP contribution is 2.25. The van der Waals surface area contributed by atoms with E-state index in [2.05, 4.69) is 15.4 Å². The molecular formula is C21H20ClN5OS. The van der Waals surface area contributed by atoms with Crippen LogP contribution in [0.2, 0.25) is 5.02 Å². The Morgan fingerprint density at radius 1 is 1.21 bits per heavy atom. The number of hydrogen-bond donors (Lipinski definition) is 1. The molecule has 148 valence electrons. The third-order valence-electron chi connectivity index (χ3n) is 4.45. The van der Waals surface area contributed by atoms with Gasteiger partial charge >= 0.3 is 0 Å². The van der Waals surface area contributed by atoms with Gasteiger partial charge in [0.2, 0.25) is 10.1 Å². The van der Waals surface area contributed by atoms with Crippen LogP contribution in [0, 0.1) is 0 Å². The van der Waals surface area contributed by atoms with Gasteiger partial charge in [0.25, 0.3) is 5.91 Å². The summed E-state index contributed by atoms with van der Waals surface area (Å²) in [7, 11) is 3.52. The van der Waals surface area contributed by atoms with E-state index in [1.165, 1.54) is 11.3 Å². The Kier molecular flexibility index (Phi) is 5.51. The van der Waals surface area contributed by atoms with Crippen molar-refractivity contribution in [3.8, 4) is 11.3 Å². The predicted octanol–water partition coefficient (Wildman–Crippen LogP) is 4.47. The molecule has 0 unspecified atom stereocenters. The molecule has 6 nitrogen and oxygen atoms in total. The summed E-state index contributed by atoms with van der Waals surface area (Å²) in [6.07, 6.45) is 2.71. The first-order valence-electron chi connectivity index (χ1n) is 9.16. The molecule has 2 aromatic heterocycles. The van der Waals surface area contributed by atoms with Crippen LogP contribution >= 0.6 is 22.9 Å². The molecule has 0 spiro atoms. The molecule has 1 N–H and O–H groups in total. The van der Waals surface area contributed by atoms with Crippen molar-refractivity contribution in [3.63, 3.8) is 0 Å². The fraction of sp³-hybridized carbons (Fsp3) is 0.190. The van der Waals surface area contributed by atoms with Crippen LogP contribution in [0.1, 0.15) is 15.9 Å². The molecule has 1 amide bonds. The Balaban J connectivity index is 1.39. The van der Waals surface area contributed by atoms with Crippen molar-refractivity contribution < 1.29 is 4.79 Å². The normalized spacial score (nSPS) is 11.0. The minimum Gasteiger partial charge on any atom is -0.360 e. The summed E-state index contributed by atoms with van der Waals surface area (Å²) in [6.45, 7) is 0.723. The monoisotopic (exact) mass is 425 g/mol. The molecule has 0 saturated carbocycles. The van der Waals surface area contributed by atoms with Gasteiger partial charge in [0, 0.05) is 36.8 Å². The van der Waals surface area contributed by atoms with Crippen molar-refractivity contribution in [1.29, 1.82) is 0 Å². The third-order valence-corrected chi connectivity index (χ3v) is 5.59. The number of nitrogens with zero attached hydrogens (tertiary/aromatic N) is 4. The lowest BCUT2D eigenvalue weighted by atomic mass is 10.1. The summed E-state index contributed by atoms with van der Waals surface area (Å²) in [4.78, 5) is 19.1. The summed E-state index contributed by atoms with van der Waals surface area (Å²) in [5.41, 5.74) is 3.69. The van der Waals surface area contributed by atoms with Crippen molar-refractivity contribution in [2.45, 2.75) is 6.42 Å². The highest BCUT2D eigenvalue weighted by molar-refractivity contribution is 7.20. The number of fused-ring (bicyclic) bond motifs is 1. The van der Waals surface area contributed by atoms with E-state index in [9.17, 15) is 4.79 Å². The minimum atomic E-state index is 0.0115. The first kappa shape index (κ1) is 19.4. The van der Waals surface area contributed by atoms with Gasteiger partial charge in [0.15, 0.2) is 0 Å². The van der Waals surface area contributed by atoms with Gasteiger partial charge in [0.05, 0.1) is 11.9 Å². The van der Waals surface area contributed by atoms with E-state index in [0.717, 1.165) is 39.9 Å². The van der Waals surface area contributed by atoms with E-state index in [4.69, 9.17) is 11.6 Å². The molecule has 0 radical (unpaired) electrons. The van der Waals surface area contributed by atoms with Crippen LogP contribution in [0.5, 0.6) is 0 Å². The van der Waals surface area contributed by atoms with Crippen molar-refractivity contribution >= 4 is 38.9 Å². The Morgan fingerprint density at radius 2 is 2.00 bits per heavy atom. The molecule has 0 aliphatic heterocycles. The zero-order valence-corrected chi connectivity index (χ0v) is 17.7. The molecular weight excluding hydrogens is 406 g/mol. The summed E-state index contributed by atoms with van der Waals surface area (Å²) < 4.78 is 1.79. The van der Waals surface area contributed by atoms with Gasteiger partial charge in [0.1, 0.15) is 0 Å². The molecule has 8 heteroatoms. The second-order valence-electron chi connectivity index (χ2n) is 6.84. The van der Waals surface area contributed by atoms with E-state index in [0.29, 0.717) is 10.6 Å². The molecule has 2 heterocycles. The maximum absolute atomic E-state index is 12.1.